The van der Waals surface area contributed by atoms with Gasteiger partial charge in [-0.2, -0.15) is 0 Å². The second-order valence-corrected chi connectivity index (χ2v) is 8.40. The molecule has 1 N–H and O–H groups in total. The van der Waals surface area contributed by atoms with E-state index in [4.69, 9.17) is 4.74 Å². The number of rotatable bonds is 6. The summed E-state index contributed by atoms with van der Waals surface area (Å²) in [6.07, 6.45) is 3.87. The molecular formula is C20H24N2O3S2. The number of carbonyl (C=O) groups is 2. The molecule has 2 aromatic rings. The van der Waals surface area contributed by atoms with Crippen molar-refractivity contribution in [2.45, 2.75) is 31.2 Å². The van der Waals surface area contributed by atoms with Crippen molar-refractivity contribution in [1.29, 1.82) is 0 Å². The summed E-state index contributed by atoms with van der Waals surface area (Å²) in [5, 5.41) is 3.54. The number of ether oxygens (including phenoxy) is 1. The number of esters is 1. The van der Waals surface area contributed by atoms with Gasteiger partial charge < -0.3 is 10.1 Å². The standard InChI is InChI=1S/C20H24N2O3S2/c1-4-9-22-10-8-15-16(12-22)27-19(17(15)20(24)25-2)21-18(23)13-6-5-7-14(11-13)26-3/h5-7,11H,4,8-10,12H2,1-3H3,(H,21,23). The summed E-state index contributed by atoms with van der Waals surface area (Å²) in [5.41, 5.74) is 2.12. The monoisotopic (exact) mass is 404 g/mol. The first kappa shape index (κ1) is 19.9. The zero-order valence-corrected chi connectivity index (χ0v) is 17.5. The van der Waals surface area contributed by atoms with Crippen LogP contribution in [-0.2, 0) is 17.7 Å². The Balaban J connectivity index is 1.90. The Labute approximate surface area is 168 Å². The van der Waals surface area contributed by atoms with Gasteiger partial charge in [0.05, 0.1) is 12.7 Å². The molecule has 27 heavy (non-hydrogen) atoms. The summed E-state index contributed by atoms with van der Waals surface area (Å²) in [6.45, 7) is 4.94. The fraction of sp³-hybridized carbons (Fsp3) is 0.400. The minimum absolute atomic E-state index is 0.208. The van der Waals surface area contributed by atoms with E-state index in [1.807, 2.05) is 24.5 Å². The number of amides is 1. The number of benzene rings is 1. The number of fused-ring (bicyclic) bond motifs is 1. The lowest BCUT2D eigenvalue weighted by molar-refractivity contribution is 0.0600. The van der Waals surface area contributed by atoms with E-state index in [1.54, 1.807) is 17.8 Å². The summed E-state index contributed by atoms with van der Waals surface area (Å²) >= 11 is 3.08. The first-order valence-corrected chi connectivity index (χ1v) is 11.0. The van der Waals surface area contributed by atoms with Crippen LogP contribution in [0.15, 0.2) is 29.2 Å². The summed E-state index contributed by atoms with van der Waals surface area (Å²) in [6, 6.07) is 7.47. The topological polar surface area (TPSA) is 58.6 Å². The Hall–Kier alpha value is -1.83. The molecule has 2 heterocycles. The normalized spacial score (nSPS) is 13.9. The third kappa shape index (κ3) is 4.36. The summed E-state index contributed by atoms with van der Waals surface area (Å²) in [4.78, 5) is 29.7. The maximum atomic E-state index is 12.7. The van der Waals surface area contributed by atoms with Crippen molar-refractivity contribution >= 4 is 40.0 Å². The number of nitrogens with zero attached hydrogens (tertiary/aromatic N) is 1. The van der Waals surface area contributed by atoms with Crippen molar-refractivity contribution in [2.24, 2.45) is 0 Å². The molecule has 0 radical (unpaired) electrons. The molecule has 7 heteroatoms. The number of thioether (sulfide) groups is 1. The van der Waals surface area contributed by atoms with E-state index in [0.717, 1.165) is 47.8 Å². The van der Waals surface area contributed by atoms with Crippen molar-refractivity contribution in [1.82, 2.24) is 4.90 Å². The van der Waals surface area contributed by atoms with Gasteiger partial charge in [-0.15, -0.1) is 23.1 Å². The zero-order valence-electron chi connectivity index (χ0n) is 15.8. The fourth-order valence-electron chi connectivity index (χ4n) is 3.31. The smallest absolute Gasteiger partial charge is 0.341 e. The Morgan fingerprint density at radius 2 is 2.19 bits per heavy atom. The van der Waals surface area contributed by atoms with E-state index in [-0.39, 0.29) is 11.9 Å². The second-order valence-electron chi connectivity index (χ2n) is 6.41. The highest BCUT2D eigenvalue weighted by Gasteiger charge is 2.29. The minimum atomic E-state index is -0.385. The Morgan fingerprint density at radius 3 is 2.89 bits per heavy atom. The van der Waals surface area contributed by atoms with E-state index >= 15 is 0 Å². The highest BCUT2D eigenvalue weighted by atomic mass is 32.2. The van der Waals surface area contributed by atoms with Crippen LogP contribution in [0.3, 0.4) is 0 Å². The molecule has 1 aliphatic rings. The lowest BCUT2D eigenvalue weighted by atomic mass is 10.0. The van der Waals surface area contributed by atoms with Gasteiger partial charge in [-0.1, -0.05) is 13.0 Å². The lowest BCUT2D eigenvalue weighted by Crippen LogP contribution is -2.30. The van der Waals surface area contributed by atoms with E-state index < -0.39 is 0 Å². The van der Waals surface area contributed by atoms with Gasteiger partial charge in [0.15, 0.2) is 0 Å². The van der Waals surface area contributed by atoms with Gasteiger partial charge in [0.2, 0.25) is 0 Å². The molecule has 0 saturated carbocycles. The molecule has 0 bridgehead atoms. The summed E-state index contributed by atoms with van der Waals surface area (Å²) < 4.78 is 5.00. The largest absolute Gasteiger partial charge is 0.465 e. The van der Waals surface area contributed by atoms with Gasteiger partial charge in [-0.05, 0) is 49.4 Å². The molecule has 0 atom stereocenters. The molecule has 0 spiro atoms. The predicted octanol–water partition coefficient (Wildman–Crippen LogP) is 4.28. The third-order valence-electron chi connectivity index (χ3n) is 4.62. The van der Waals surface area contributed by atoms with Crippen molar-refractivity contribution in [3.05, 3.63) is 45.8 Å². The van der Waals surface area contributed by atoms with Gasteiger partial charge in [-0.25, -0.2) is 4.79 Å². The molecule has 3 rings (SSSR count). The molecule has 1 aromatic heterocycles. The van der Waals surface area contributed by atoms with Crippen LogP contribution in [-0.4, -0.2) is 43.2 Å². The molecule has 0 unspecified atom stereocenters. The Bertz CT molecular complexity index is 848. The van der Waals surface area contributed by atoms with Crippen LogP contribution in [0.1, 0.15) is 44.5 Å². The second kappa shape index (κ2) is 8.91. The SMILES string of the molecule is CCCN1CCc2c(sc(NC(=O)c3cccc(SC)c3)c2C(=O)OC)C1. The zero-order chi connectivity index (χ0) is 19.4. The average molecular weight is 405 g/mol. The molecule has 5 nitrogen and oxygen atoms in total. The van der Waals surface area contributed by atoms with Gasteiger partial charge in [0, 0.05) is 28.4 Å². The summed E-state index contributed by atoms with van der Waals surface area (Å²) in [5.74, 6) is -0.593. The van der Waals surface area contributed by atoms with Crippen LogP contribution < -0.4 is 5.32 Å². The highest BCUT2D eigenvalue weighted by molar-refractivity contribution is 7.98. The van der Waals surface area contributed by atoms with Crippen molar-refractivity contribution < 1.29 is 14.3 Å². The molecule has 0 fully saturated rings. The van der Waals surface area contributed by atoms with Crippen molar-refractivity contribution in [3.8, 4) is 0 Å². The molecule has 0 aliphatic carbocycles. The Morgan fingerprint density at radius 1 is 1.37 bits per heavy atom. The molecular weight excluding hydrogens is 380 g/mol. The third-order valence-corrected chi connectivity index (χ3v) is 6.48. The molecule has 144 valence electrons. The van der Waals surface area contributed by atoms with E-state index in [1.165, 1.54) is 18.4 Å². The van der Waals surface area contributed by atoms with E-state index in [2.05, 4.69) is 17.1 Å². The number of hydrogen-bond acceptors (Lipinski definition) is 6. The summed E-state index contributed by atoms with van der Waals surface area (Å²) in [7, 11) is 1.38. The molecule has 1 aromatic carbocycles. The quantitative estimate of drug-likeness (QED) is 0.575. The number of carbonyl (C=O) groups excluding carboxylic acids is 2. The first-order valence-electron chi connectivity index (χ1n) is 8.98. The predicted molar refractivity (Wildman–Crippen MR) is 111 cm³/mol. The van der Waals surface area contributed by atoms with Crippen LogP contribution in [0.25, 0.3) is 0 Å². The number of methoxy groups -OCH3 is 1. The van der Waals surface area contributed by atoms with Crippen LogP contribution in [0.2, 0.25) is 0 Å². The van der Waals surface area contributed by atoms with Crippen LogP contribution in [0, 0.1) is 0 Å². The number of thiophene rings is 1. The number of anilines is 1. The molecule has 1 aliphatic heterocycles. The number of nitrogens with one attached hydrogen (secondary N) is 1. The van der Waals surface area contributed by atoms with E-state index in [9.17, 15) is 9.59 Å². The van der Waals surface area contributed by atoms with Gasteiger partial charge in [-0.3, -0.25) is 9.69 Å². The van der Waals surface area contributed by atoms with Gasteiger partial charge in [0.1, 0.15) is 5.00 Å². The molecule has 0 saturated heterocycles. The maximum Gasteiger partial charge on any atom is 0.341 e. The van der Waals surface area contributed by atoms with Crippen LogP contribution in [0.4, 0.5) is 5.00 Å². The Kier molecular flexibility index (Phi) is 6.57. The lowest BCUT2D eigenvalue weighted by Gasteiger charge is -2.26. The molecule has 1 amide bonds. The van der Waals surface area contributed by atoms with Gasteiger partial charge >= 0.3 is 5.97 Å². The van der Waals surface area contributed by atoms with Crippen LogP contribution in [0.5, 0.6) is 0 Å². The first-order chi connectivity index (χ1) is 13.1. The maximum absolute atomic E-state index is 12.7. The van der Waals surface area contributed by atoms with Crippen molar-refractivity contribution in [3.63, 3.8) is 0 Å². The van der Waals surface area contributed by atoms with E-state index in [0.29, 0.717) is 16.1 Å². The minimum Gasteiger partial charge on any atom is -0.465 e. The average Bonchev–Trinajstić information content (AvgIpc) is 3.04. The number of hydrogen-bond donors (Lipinski definition) is 1. The fourth-order valence-corrected chi connectivity index (χ4v) is 5.04. The van der Waals surface area contributed by atoms with Crippen molar-refractivity contribution in [2.75, 3.05) is 31.8 Å². The van der Waals surface area contributed by atoms with Gasteiger partial charge in [0.25, 0.3) is 5.91 Å². The van der Waals surface area contributed by atoms with Crippen LogP contribution >= 0.6 is 23.1 Å². The highest BCUT2D eigenvalue weighted by Crippen LogP contribution is 2.38.